The van der Waals surface area contributed by atoms with Crippen molar-refractivity contribution in [2.45, 2.75) is 13.2 Å². The van der Waals surface area contributed by atoms with E-state index in [1.165, 1.54) is 0 Å². The highest BCUT2D eigenvalue weighted by atomic mass is 35.5. The van der Waals surface area contributed by atoms with Crippen molar-refractivity contribution >= 4 is 12.4 Å². The van der Waals surface area contributed by atoms with Gasteiger partial charge in [0, 0.05) is 18.8 Å². The number of pyridine rings is 1. The van der Waals surface area contributed by atoms with E-state index in [0.29, 0.717) is 0 Å². The quantitative estimate of drug-likeness (QED) is 0.857. The first-order chi connectivity index (χ1) is 6.15. The van der Waals surface area contributed by atoms with Crippen LogP contribution in [0, 0.1) is 5.82 Å². The average molecular weight is 229 g/mol. The molecule has 1 heterocycles. The molecule has 1 rings (SSSR count). The van der Waals surface area contributed by atoms with Gasteiger partial charge < -0.3 is 10.5 Å². The third-order valence-electron chi connectivity index (χ3n) is 1.34. The lowest BCUT2D eigenvalue weighted by molar-refractivity contribution is -0.0523. The lowest BCUT2D eigenvalue weighted by atomic mass is 10.3. The van der Waals surface area contributed by atoms with Crippen LogP contribution in [-0.4, -0.2) is 11.6 Å². The molecule has 1 aromatic heterocycles. The van der Waals surface area contributed by atoms with Crippen LogP contribution in [0.1, 0.15) is 5.69 Å². The minimum Gasteiger partial charge on any atom is -0.432 e. The van der Waals surface area contributed by atoms with E-state index in [4.69, 9.17) is 5.73 Å². The summed E-state index contributed by atoms with van der Waals surface area (Å²) in [6.07, 6.45) is 1.16. The van der Waals surface area contributed by atoms with E-state index in [2.05, 4.69) is 9.72 Å². The summed E-state index contributed by atoms with van der Waals surface area (Å²) in [5.74, 6) is -1.48. The van der Waals surface area contributed by atoms with Crippen molar-refractivity contribution in [1.29, 1.82) is 0 Å². The van der Waals surface area contributed by atoms with Crippen LogP contribution >= 0.6 is 12.4 Å². The van der Waals surface area contributed by atoms with Crippen molar-refractivity contribution in [3.8, 4) is 5.75 Å². The molecule has 0 bridgehead atoms. The van der Waals surface area contributed by atoms with Crippen LogP contribution in [0.15, 0.2) is 12.3 Å². The normalized spacial score (nSPS) is 9.79. The number of alkyl halides is 2. The highest BCUT2D eigenvalue weighted by Crippen LogP contribution is 2.19. The molecule has 0 aliphatic rings. The third kappa shape index (κ3) is 3.04. The fourth-order valence-electron chi connectivity index (χ4n) is 0.796. The topological polar surface area (TPSA) is 48.1 Å². The molecule has 0 amide bonds. The molecule has 0 saturated carbocycles. The molecule has 7 heteroatoms. The second-order valence-corrected chi connectivity index (χ2v) is 2.15. The Morgan fingerprint density at radius 2 is 2.14 bits per heavy atom. The number of halogens is 4. The van der Waals surface area contributed by atoms with Gasteiger partial charge in [0.2, 0.25) is 0 Å². The molecule has 1 aromatic rings. The fourth-order valence-corrected chi connectivity index (χ4v) is 0.796. The van der Waals surface area contributed by atoms with Gasteiger partial charge in [0.1, 0.15) is 0 Å². The summed E-state index contributed by atoms with van der Waals surface area (Å²) < 4.78 is 40.3. The Hall–Kier alpha value is -1.01. The van der Waals surface area contributed by atoms with Gasteiger partial charge in [-0.3, -0.25) is 4.98 Å². The molecular weight excluding hydrogens is 221 g/mol. The second-order valence-electron chi connectivity index (χ2n) is 2.15. The van der Waals surface area contributed by atoms with Crippen molar-refractivity contribution in [3.63, 3.8) is 0 Å². The van der Waals surface area contributed by atoms with Gasteiger partial charge in [-0.1, -0.05) is 0 Å². The van der Waals surface area contributed by atoms with Gasteiger partial charge >= 0.3 is 6.61 Å². The van der Waals surface area contributed by atoms with Crippen LogP contribution in [0.5, 0.6) is 5.75 Å². The van der Waals surface area contributed by atoms with Crippen molar-refractivity contribution in [3.05, 3.63) is 23.8 Å². The van der Waals surface area contributed by atoms with Crippen molar-refractivity contribution in [1.82, 2.24) is 4.98 Å². The van der Waals surface area contributed by atoms with E-state index in [0.717, 1.165) is 12.3 Å². The third-order valence-corrected chi connectivity index (χ3v) is 1.34. The molecule has 0 aromatic carbocycles. The highest BCUT2D eigenvalue weighted by molar-refractivity contribution is 5.85. The summed E-state index contributed by atoms with van der Waals surface area (Å²) in [6, 6.07) is 1.01. The Balaban J connectivity index is 0.00000169. The minimum absolute atomic E-state index is 0. The summed E-state index contributed by atoms with van der Waals surface area (Å²) in [5, 5.41) is 0. The Kier molecular flexibility index (Phi) is 5.26. The van der Waals surface area contributed by atoms with Crippen molar-refractivity contribution in [2.24, 2.45) is 5.73 Å². The van der Waals surface area contributed by atoms with Crippen molar-refractivity contribution in [2.75, 3.05) is 0 Å². The first kappa shape index (κ1) is 13.0. The number of nitrogens with zero attached hydrogens (tertiary/aromatic N) is 1. The number of aromatic nitrogens is 1. The molecule has 0 fully saturated rings. The smallest absolute Gasteiger partial charge is 0.387 e. The second kappa shape index (κ2) is 5.66. The summed E-state index contributed by atoms with van der Waals surface area (Å²) >= 11 is 0. The molecule has 3 nitrogen and oxygen atoms in total. The Labute approximate surface area is 84.5 Å². The van der Waals surface area contributed by atoms with Crippen LogP contribution in [0.2, 0.25) is 0 Å². The van der Waals surface area contributed by atoms with Gasteiger partial charge in [-0.25, -0.2) is 4.39 Å². The van der Waals surface area contributed by atoms with Gasteiger partial charge in [-0.05, 0) is 0 Å². The monoisotopic (exact) mass is 228 g/mol. The standard InChI is InChI=1S/C7H7F3N2O.ClH/c8-6-4(3-11)12-2-1-5(6)13-7(9)10;/h1-2,7H,3,11H2;1H. The van der Waals surface area contributed by atoms with Crippen LogP contribution < -0.4 is 10.5 Å². The van der Waals surface area contributed by atoms with E-state index in [1.54, 1.807) is 0 Å². The zero-order valence-corrected chi connectivity index (χ0v) is 7.73. The van der Waals surface area contributed by atoms with E-state index in [9.17, 15) is 13.2 Å². The van der Waals surface area contributed by atoms with E-state index >= 15 is 0 Å². The SMILES string of the molecule is Cl.NCc1nccc(OC(F)F)c1F. The molecule has 0 spiro atoms. The summed E-state index contributed by atoms with van der Waals surface area (Å²) in [5.41, 5.74) is 5.01. The van der Waals surface area contributed by atoms with Gasteiger partial charge in [0.25, 0.3) is 0 Å². The molecule has 14 heavy (non-hydrogen) atoms. The Morgan fingerprint density at radius 3 is 2.64 bits per heavy atom. The average Bonchev–Trinajstić information content (AvgIpc) is 2.08. The molecule has 0 aliphatic carbocycles. The van der Waals surface area contributed by atoms with Crippen LogP contribution in [0.25, 0.3) is 0 Å². The summed E-state index contributed by atoms with van der Waals surface area (Å²) in [4.78, 5) is 3.54. The molecule has 0 saturated heterocycles. The zero-order chi connectivity index (χ0) is 9.84. The van der Waals surface area contributed by atoms with Crippen LogP contribution in [0.3, 0.4) is 0 Å². The molecular formula is C7H8ClF3N2O. The van der Waals surface area contributed by atoms with Crippen molar-refractivity contribution < 1.29 is 17.9 Å². The maximum Gasteiger partial charge on any atom is 0.387 e. The number of hydrogen-bond donors (Lipinski definition) is 1. The maximum atomic E-state index is 13.0. The highest BCUT2D eigenvalue weighted by Gasteiger charge is 2.12. The number of rotatable bonds is 3. The molecule has 80 valence electrons. The fraction of sp³-hybridized carbons (Fsp3) is 0.286. The van der Waals surface area contributed by atoms with Gasteiger partial charge in [-0.15, -0.1) is 12.4 Å². The molecule has 0 aliphatic heterocycles. The van der Waals surface area contributed by atoms with Gasteiger partial charge in [0.05, 0.1) is 5.69 Å². The van der Waals surface area contributed by atoms with E-state index < -0.39 is 18.2 Å². The lowest BCUT2D eigenvalue weighted by Gasteiger charge is -2.06. The zero-order valence-electron chi connectivity index (χ0n) is 6.91. The van der Waals surface area contributed by atoms with Crippen LogP contribution in [0.4, 0.5) is 13.2 Å². The number of hydrogen-bond acceptors (Lipinski definition) is 3. The maximum absolute atomic E-state index is 13.0. The number of ether oxygens (including phenoxy) is 1. The Bertz CT molecular complexity index is 298. The predicted octanol–water partition coefficient (Wildman–Crippen LogP) is 1.70. The van der Waals surface area contributed by atoms with E-state index in [1.807, 2.05) is 0 Å². The Morgan fingerprint density at radius 1 is 1.50 bits per heavy atom. The first-order valence-corrected chi connectivity index (χ1v) is 3.43. The largest absolute Gasteiger partial charge is 0.432 e. The number of nitrogens with two attached hydrogens (primary N) is 1. The minimum atomic E-state index is -3.05. The molecule has 2 N–H and O–H groups in total. The van der Waals surface area contributed by atoms with Crippen LogP contribution in [-0.2, 0) is 6.54 Å². The molecule has 0 radical (unpaired) electrons. The first-order valence-electron chi connectivity index (χ1n) is 3.43. The molecule has 0 unspecified atom stereocenters. The predicted molar refractivity (Wildman–Crippen MR) is 46.0 cm³/mol. The summed E-state index contributed by atoms with van der Waals surface area (Å²) in [6.45, 7) is -3.21. The van der Waals surface area contributed by atoms with E-state index in [-0.39, 0.29) is 24.6 Å². The van der Waals surface area contributed by atoms with Gasteiger partial charge in [0.15, 0.2) is 11.6 Å². The molecule has 0 atom stereocenters. The summed E-state index contributed by atoms with van der Waals surface area (Å²) in [7, 11) is 0. The van der Waals surface area contributed by atoms with Gasteiger partial charge in [-0.2, -0.15) is 8.78 Å². The lowest BCUT2D eigenvalue weighted by Crippen LogP contribution is -2.08.